The summed E-state index contributed by atoms with van der Waals surface area (Å²) < 4.78 is 41.1. The maximum absolute atomic E-state index is 13.3. The molecule has 1 aliphatic heterocycles. The lowest BCUT2D eigenvalue weighted by molar-refractivity contribution is 0.102. The van der Waals surface area contributed by atoms with Crippen LogP contribution in [0.2, 0.25) is 5.02 Å². The van der Waals surface area contributed by atoms with Crippen LogP contribution in [0.4, 0.5) is 9.52 Å². The van der Waals surface area contributed by atoms with Crippen molar-refractivity contribution >= 4 is 54.2 Å². The first-order valence-electron chi connectivity index (χ1n) is 9.02. The third-order valence-electron chi connectivity index (χ3n) is 4.71. The SMILES string of the molecule is O=C(Nc1nc2ccc(F)cc2s1)c1cc(S(=O)(=O)N2CCCCC2)ccc1Cl. The zero-order valence-corrected chi connectivity index (χ0v) is 17.6. The molecular formula is C19H17ClFN3O3S2. The molecule has 1 N–H and O–H groups in total. The number of halogens is 2. The Kier molecular flexibility index (Phi) is 5.56. The Bertz CT molecular complexity index is 1190. The number of benzene rings is 2. The van der Waals surface area contributed by atoms with Crippen molar-refractivity contribution < 1.29 is 17.6 Å². The number of amides is 1. The molecule has 1 fully saturated rings. The Labute approximate surface area is 176 Å². The number of hydrogen-bond donors (Lipinski definition) is 1. The summed E-state index contributed by atoms with van der Waals surface area (Å²) in [5, 5.41) is 3.03. The molecule has 1 aliphatic rings. The molecule has 0 unspecified atom stereocenters. The van der Waals surface area contributed by atoms with Crippen molar-refractivity contribution in [1.29, 1.82) is 0 Å². The summed E-state index contributed by atoms with van der Waals surface area (Å²) in [5.74, 6) is -0.970. The maximum atomic E-state index is 13.3. The van der Waals surface area contributed by atoms with Gasteiger partial charge in [-0.3, -0.25) is 10.1 Å². The van der Waals surface area contributed by atoms with E-state index in [2.05, 4.69) is 10.3 Å². The first-order valence-corrected chi connectivity index (χ1v) is 11.7. The summed E-state index contributed by atoms with van der Waals surface area (Å²) in [4.78, 5) is 17.0. The van der Waals surface area contributed by atoms with E-state index in [1.807, 2.05) is 0 Å². The Morgan fingerprint density at radius 2 is 1.90 bits per heavy atom. The van der Waals surface area contributed by atoms with Crippen molar-refractivity contribution in [2.24, 2.45) is 0 Å². The minimum atomic E-state index is -3.69. The van der Waals surface area contributed by atoms with Crippen LogP contribution in [0.25, 0.3) is 10.2 Å². The predicted molar refractivity (Wildman–Crippen MR) is 112 cm³/mol. The van der Waals surface area contributed by atoms with Crippen LogP contribution in [-0.4, -0.2) is 36.7 Å². The Morgan fingerprint density at radius 3 is 2.66 bits per heavy atom. The number of carbonyl (C=O) groups is 1. The van der Waals surface area contributed by atoms with E-state index in [9.17, 15) is 17.6 Å². The highest BCUT2D eigenvalue weighted by molar-refractivity contribution is 7.89. The molecule has 3 aromatic rings. The third-order valence-corrected chi connectivity index (χ3v) is 7.86. The average Bonchev–Trinajstić information content (AvgIpc) is 3.10. The van der Waals surface area contributed by atoms with Gasteiger partial charge in [-0.25, -0.2) is 17.8 Å². The van der Waals surface area contributed by atoms with Gasteiger partial charge in [0.2, 0.25) is 10.0 Å². The highest BCUT2D eigenvalue weighted by Gasteiger charge is 2.27. The number of hydrogen-bond acceptors (Lipinski definition) is 5. The van der Waals surface area contributed by atoms with Gasteiger partial charge in [0.05, 0.1) is 25.7 Å². The molecule has 0 aliphatic carbocycles. The molecule has 0 atom stereocenters. The number of nitrogens with zero attached hydrogens (tertiary/aromatic N) is 2. The van der Waals surface area contributed by atoms with E-state index in [0.29, 0.717) is 23.3 Å². The molecule has 1 amide bonds. The Hall–Kier alpha value is -2.07. The van der Waals surface area contributed by atoms with Gasteiger partial charge in [-0.05, 0) is 49.2 Å². The fourth-order valence-corrected chi connectivity index (χ4v) is 5.84. The van der Waals surface area contributed by atoms with Crippen LogP contribution < -0.4 is 5.32 Å². The van der Waals surface area contributed by atoms with Crippen molar-refractivity contribution in [3.63, 3.8) is 0 Å². The van der Waals surface area contributed by atoms with Gasteiger partial charge >= 0.3 is 0 Å². The van der Waals surface area contributed by atoms with Gasteiger partial charge in [0, 0.05) is 13.1 Å². The monoisotopic (exact) mass is 453 g/mol. The van der Waals surface area contributed by atoms with Crippen molar-refractivity contribution in [1.82, 2.24) is 9.29 Å². The number of piperidine rings is 1. The molecular weight excluding hydrogens is 437 g/mol. The van der Waals surface area contributed by atoms with E-state index in [1.165, 1.54) is 40.7 Å². The van der Waals surface area contributed by atoms with Crippen LogP contribution in [0.3, 0.4) is 0 Å². The molecule has 4 rings (SSSR count). The second kappa shape index (κ2) is 7.98. The molecule has 0 spiro atoms. The molecule has 1 aromatic heterocycles. The fourth-order valence-electron chi connectivity index (χ4n) is 3.21. The second-order valence-electron chi connectivity index (χ2n) is 6.69. The summed E-state index contributed by atoms with van der Waals surface area (Å²) >= 11 is 7.28. The number of thiazole rings is 1. The number of anilines is 1. The van der Waals surface area contributed by atoms with E-state index in [-0.39, 0.29) is 20.6 Å². The van der Waals surface area contributed by atoms with Gasteiger partial charge in [0.1, 0.15) is 5.82 Å². The number of nitrogens with one attached hydrogen (secondary N) is 1. The number of aromatic nitrogens is 1. The lowest BCUT2D eigenvalue weighted by atomic mass is 10.2. The van der Waals surface area contributed by atoms with Gasteiger partial charge in [-0.1, -0.05) is 29.4 Å². The minimum absolute atomic E-state index is 0.0281. The second-order valence-corrected chi connectivity index (χ2v) is 10.1. The van der Waals surface area contributed by atoms with Crippen LogP contribution in [0.1, 0.15) is 29.6 Å². The van der Waals surface area contributed by atoms with Gasteiger partial charge in [0.15, 0.2) is 5.13 Å². The summed E-state index contributed by atoms with van der Waals surface area (Å²) in [6.07, 6.45) is 2.64. The largest absolute Gasteiger partial charge is 0.298 e. The van der Waals surface area contributed by atoms with Gasteiger partial charge in [-0.15, -0.1) is 0 Å². The summed E-state index contributed by atoms with van der Waals surface area (Å²) in [6, 6.07) is 8.25. The first kappa shape index (κ1) is 20.2. The third kappa shape index (κ3) is 4.13. The van der Waals surface area contributed by atoms with Crippen LogP contribution in [0.5, 0.6) is 0 Å². The van der Waals surface area contributed by atoms with Crippen molar-refractivity contribution in [3.8, 4) is 0 Å². The molecule has 152 valence electrons. The lowest BCUT2D eigenvalue weighted by Crippen LogP contribution is -2.35. The topological polar surface area (TPSA) is 79.4 Å². The lowest BCUT2D eigenvalue weighted by Gasteiger charge is -2.26. The maximum Gasteiger partial charge on any atom is 0.259 e. The minimum Gasteiger partial charge on any atom is -0.298 e. The molecule has 0 saturated carbocycles. The standard InChI is InChI=1S/C19H17ClFN3O3S2/c20-15-6-5-13(29(26,27)24-8-2-1-3-9-24)11-14(15)18(25)23-19-22-16-7-4-12(21)10-17(16)28-19/h4-7,10-11H,1-3,8-9H2,(H,22,23,25). The molecule has 29 heavy (non-hydrogen) atoms. The van der Waals surface area contributed by atoms with Gasteiger partial charge < -0.3 is 0 Å². The van der Waals surface area contributed by atoms with E-state index < -0.39 is 21.7 Å². The van der Waals surface area contributed by atoms with Gasteiger partial charge in [-0.2, -0.15) is 4.31 Å². The first-order chi connectivity index (χ1) is 13.8. The quantitative estimate of drug-likeness (QED) is 0.630. The molecule has 10 heteroatoms. The van der Waals surface area contributed by atoms with E-state index in [4.69, 9.17) is 11.6 Å². The van der Waals surface area contributed by atoms with Crippen molar-refractivity contribution in [2.75, 3.05) is 18.4 Å². The molecule has 6 nitrogen and oxygen atoms in total. The molecule has 2 heterocycles. The Morgan fingerprint density at radius 1 is 1.14 bits per heavy atom. The van der Waals surface area contributed by atoms with E-state index in [1.54, 1.807) is 0 Å². The van der Waals surface area contributed by atoms with Crippen LogP contribution in [-0.2, 0) is 10.0 Å². The van der Waals surface area contributed by atoms with Crippen LogP contribution >= 0.6 is 22.9 Å². The zero-order valence-electron chi connectivity index (χ0n) is 15.2. The number of rotatable bonds is 4. The molecule has 1 saturated heterocycles. The Balaban J connectivity index is 1.61. The average molecular weight is 454 g/mol. The number of fused-ring (bicyclic) bond motifs is 1. The van der Waals surface area contributed by atoms with Gasteiger partial charge in [0.25, 0.3) is 5.91 Å². The zero-order chi connectivity index (χ0) is 20.6. The van der Waals surface area contributed by atoms with Crippen molar-refractivity contribution in [2.45, 2.75) is 24.2 Å². The molecule has 0 bridgehead atoms. The normalized spacial score (nSPS) is 15.5. The van der Waals surface area contributed by atoms with E-state index in [0.717, 1.165) is 30.6 Å². The van der Waals surface area contributed by atoms with Crippen LogP contribution in [0, 0.1) is 5.82 Å². The molecule has 0 radical (unpaired) electrons. The summed E-state index contributed by atoms with van der Waals surface area (Å²) in [7, 11) is -3.69. The molecule has 2 aromatic carbocycles. The fraction of sp³-hybridized carbons (Fsp3) is 0.263. The van der Waals surface area contributed by atoms with E-state index >= 15 is 0 Å². The smallest absolute Gasteiger partial charge is 0.259 e. The highest BCUT2D eigenvalue weighted by Crippen LogP contribution is 2.29. The number of sulfonamides is 1. The summed E-state index contributed by atoms with van der Waals surface area (Å²) in [5.41, 5.74) is 0.592. The van der Waals surface area contributed by atoms with Crippen LogP contribution in [0.15, 0.2) is 41.3 Å². The number of carbonyl (C=O) groups excluding carboxylic acids is 1. The highest BCUT2D eigenvalue weighted by atomic mass is 35.5. The van der Waals surface area contributed by atoms with Crippen molar-refractivity contribution in [3.05, 3.63) is 52.8 Å². The summed E-state index contributed by atoms with van der Waals surface area (Å²) in [6.45, 7) is 0.934. The predicted octanol–water partition coefficient (Wildman–Crippen LogP) is 4.52.